The molecular formula is C25H24Cl2N2O. The molecule has 0 radical (unpaired) electrons. The first-order valence-corrected chi connectivity index (χ1v) is 10.7. The minimum atomic E-state index is -0.417. The lowest BCUT2D eigenvalue weighted by Crippen LogP contribution is -2.57. The molecule has 0 saturated carbocycles. The predicted octanol–water partition coefficient (Wildman–Crippen LogP) is 7.52. The molecule has 4 rings (SSSR count). The van der Waals surface area contributed by atoms with Gasteiger partial charge in [0.2, 0.25) is 0 Å². The van der Waals surface area contributed by atoms with Crippen molar-refractivity contribution in [2.24, 2.45) is 0 Å². The van der Waals surface area contributed by atoms with Crippen molar-refractivity contribution in [3.05, 3.63) is 94.0 Å². The Bertz CT molecular complexity index is 1100. The lowest BCUT2D eigenvalue weighted by molar-refractivity contribution is 0.243. The predicted molar refractivity (Wildman–Crippen MR) is 126 cm³/mol. The Morgan fingerprint density at radius 3 is 2.27 bits per heavy atom. The molecule has 1 atom stereocenters. The van der Waals surface area contributed by atoms with E-state index in [0.717, 1.165) is 17.7 Å². The molecular weight excluding hydrogens is 415 g/mol. The zero-order valence-corrected chi connectivity index (χ0v) is 18.8. The number of fused-ring (bicyclic) bond motifs is 1. The lowest BCUT2D eigenvalue weighted by atomic mass is 9.65. The van der Waals surface area contributed by atoms with Crippen LogP contribution >= 0.6 is 23.2 Å². The second kappa shape index (κ2) is 7.64. The van der Waals surface area contributed by atoms with Gasteiger partial charge in [0.15, 0.2) is 0 Å². The topological polar surface area (TPSA) is 32.3 Å². The van der Waals surface area contributed by atoms with Crippen molar-refractivity contribution in [3.63, 3.8) is 0 Å². The number of benzene rings is 3. The summed E-state index contributed by atoms with van der Waals surface area (Å²) in [6, 6.07) is 23.6. The standard InChI is InChI=1S/C25H24Cl2N2O/c1-24(2)16-25(3,17-9-5-4-6-10-17)19-11-7-8-12-22(19)29(24)23(30)28-18-13-14-20(26)21(27)15-18/h4-15H,16H2,1-3H3,(H,28,30)/t25-/m0/s1. The minimum absolute atomic E-state index is 0.194. The molecule has 0 aromatic heterocycles. The highest BCUT2D eigenvalue weighted by Gasteiger charge is 2.47. The smallest absolute Gasteiger partial charge is 0.307 e. The molecule has 1 N–H and O–H groups in total. The second-order valence-corrected chi connectivity index (χ2v) is 9.41. The fourth-order valence-corrected chi connectivity index (χ4v) is 5.00. The second-order valence-electron chi connectivity index (χ2n) is 8.60. The fourth-order valence-electron chi connectivity index (χ4n) is 4.70. The third-order valence-electron chi connectivity index (χ3n) is 5.92. The summed E-state index contributed by atoms with van der Waals surface area (Å²) in [6.45, 7) is 6.48. The molecule has 154 valence electrons. The van der Waals surface area contributed by atoms with Crippen molar-refractivity contribution in [3.8, 4) is 0 Å². The number of hydrogen-bond donors (Lipinski definition) is 1. The van der Waals surface area contributed by atoms with Gasteiger partial charge in [0, 0.05) is 16.6 Å². The molecule has 30 heavy (non-hydrogen) atoms. The molecule has 0 saturated heterocycles. The zero-order chi connectivity index (χ0) is 21.5. The van der Waals surface area contributed by atoms with E-state index in [2.05, 4.69) is 56.4 Å². The molecule has 1 heterocycles. The number of para-hydroxylation sites is 1. The highest BCUT2D eigenvalue weighted by atomic mass is 35.5. The maximum absolute atomic E-state index is 13.4. The van der Waals surface area contributed by atoms with Gasteiger partial charge in [-0.05, 0) is 55.7 Å². The lowest BCUT2D eigenvalue weighted by Gasteiger charge is -2.51. The van der Waals surface area contributed by atoms with E-state index in [1.807, 2.05) is 29.2 Å². The maximum atomic E-state index is 13.4. The summed E-state index contributed by atoms with van der Waals surface area (Å²) in [5.41, 5.74) is 3.28. The highest BCUT2D eigenvalue weighted by Crippen LogP contribution is 2.50. The van der Waals surface area contributed by atoms with Gasteiger partial charge in [-0.3, -0.25) is 4.90 Å². The van der Waals surface area contributed by atoms with Gasteiger partial charge in [0.25, 0.3) is 0 Å². The molecule has 0 bridgehead atoms. The largest absolute Gasteiger partial charge is 0.326 e. The molecule has 0 spiro atoms. The average Bonchev–Trinajstić information content (AvgIpc) is 2.71. The minimum Gasteiger partial charge on any atom is -0.307 e. The summed E-state index contributed by atoms with van der Waals surface area (Å²) in [4.78, 5) is 15.3. The van der Waals surface area contributed by atoms with E-state index in [9.17, 15) is 4.79 Å². The number of rotatable bonds is 2. The number of carbonyl (C=O) groups excluding carboxylic acids is 1. The molecule has 3 nitrogen and oxygen atoms in total. The molecule has 0 unspecified atom stereocenters. The quantitative estimate of drug-likeness (QED) is 0.440. The summed E-state index contributed by atoms with van der Waals surface area (Å²) in [7, 11) is 0. The van der Waals surface area contributed by atoms with Crippen LogP contribution in [0, 0.1) is 0 Å². The highest BCUT2D eigenvalue weighted by molar-refractivity contribution is 6.42. The monoisotopic (exact) mass is 438 g/mol. The van der Waals surface area contributed by atoms with Crippen molar-refractivity contribution >= 4 is 40.6 Å². The summed E-state index contributed by atoms with van der Waals surface area (Å²) >= 11 is 12.1. The molecule has 2 amide bonds. The first-order chi connectivity index (χ1) is 14.2. The Morgan fingerprint density at radius 2 is 1.57 bits per heavy atom. The van der Waals surface area contributed by atoms with Gasteiger partial charge in [-0.1, -0.05) is 78.7 Å². The van der Waals surface area contributed by atoms with Crippen LogP contribution < -0.4 is 10.2 Å². The zero-order valence-electron chi connectivity index (χ0n) is 17.2. The average molecular weight is 439 g/mol. The molecule has 3 aromatic carbocycles. The van der Waals surface area contributed by atoms with Gasteiger partial charge in [0.1, 0.15) is 0 Å². The van der Waals surface area contributed by atoms with Gasteiger partial charge >= 0.3 is 6.03 Å². The van der Waals surface area contributed by atoms with Crippen LogP contribution in [-0.2, 0) is 5.41 Å². The van der Waals surface area contributed by atoms with Crippen LogP contribution in [0.4, 0.5) is 16.2 Å². The number of carbonyl (C=O) groups is 1. The summed E-state index contributed by atoms with van der Waals surface area (Å²) < 4.78 is 0. The van der Waals surface area contributed by atoms with Crippen LogP contribution in [0.2, 0.25) is 10.0 Å². The molecule has 1 aliphatic rings. The van der Waals surface area contributed by atoms with E-state index in [-0.39, 0.29) is 11.4 Å². The van der Waals surface area contributed by atoms with Crippen molar-refractivity contribution in [2.45, 2.75) is 38.1 Å². The molecule has 0 aliphatic carbocycles. The van der Waals surface area contributed by atoms with Crippen LogP contribution in [0.1, 0.15) is 38.3 Å². The maximum Gasteiger partial charge on any atom is 0.326 e. The van der Waals surface area contributed by atoms with E-state index < -0.39 is 5.54 Å². The Labute approximate surface area is 187 Å². The van der Waals surface area contributed by atoms with Crippen molar-refractivity contribution in [1.82, 2.24) is 0 Å². The number of amides is 2. The van der Waals surface area contributed by atoms with Gasteiger partial charge in [0.05, 0.1) is 15.7 Å². The van der Waals surface area contributed by atoms with Gasteiger partial charge < -0.3 is 5.32 Å². The molecule has 3 aromatic rings. The number of hydrogen-bond acceptors (Lipinski definition) is 1. The Kier molecular flexibility index (Phi) is 5.29. The Balaban J connectivity index is 1.77. The van der Waals surface area contributed by atoms with E-state index >= 15 is 0 Å². The normalized spacial score (nSPS) is 19.8. The summed E-state index contributed by atoms with van der Waals surface area (Å²) in [5, 5.41) is 3.85. The van der Waals surface area contributed by atoms with Crippen molar-refractivity contribution in [1.29, 1.82) is 0 Å². The van der Waals surface area contributed by atoms with Crippen LogP contribution in [0.15, 0.2) is 72.8 Å². The SMILES string of the molecule is CC1(C)C[C@@](C)(c2ccccc2)c2ccccc2N1C(=O)Nc1ccc(Cl)c(Cl)c1. The van der Waals surface area contributed by atoms with E-state index in [4.69, 9.17) is 23.2 Å². The summed E-state index contributed by atoms with van der Waals surface area (Å²) in [6.07, 6.45) is 0.788. The third kappa shape index (κ3) is 3.57. The molecule has 1 aliphatic heterocycles. The van der Waals surface area contributed by atoms with Crippen molar-refractivity contribution < 1.29 is 4.79 Å². The van der Waals surface area contributed by atoms with Gasteiger partial charge in [-0.2, -0.15) is 0 Å². The van der Waals surface area contributed by atoms with Crippen LogP contribution in [0.25, 0.3) is 0 Å². The molecule has 5 heteroatoms. The number of halogens is 2. The van der Waals surface area contributed by atoms with Gasteiger partial charge in [-0.25, -0.2) is 4.79 Å². The number of nitrogens with zero attached hydrogens (tertiary/aromatic N) is 1. The first kappa shape index (κ1) is 20.8. The fraction of sp³-hybridized carbons (Fsp3) is 0.240. The third-order valence-corrected chi connectivity index (χ3v) is 6.65. The Hall–Kier alpha value is -2.49. The van der Waals surface area contributed by atoms with E-state index in [1.54, 1.807) is 18.2 Å². The number of anilines is 2. The Morgan fingerprint density at radius 1 is 0.900 bits per heavy atom. The van der Waals surface area contributed by atoms with E-state index in [0.29, 0.717) is 15.7 Å². The van der Waals surface area contributed by atoms with Crippen molar-refractivity contribution in [2.75, 3.05) is 10.2 Å². The van der Waals surface area contributed by atoms with Gasteiger partial charge in [-0.15, -0.1) is 0 Å². The van der Waals surface area contributed by atoms with Crippen LogP contribution in [-0.4, -0.2) is 11.6 Å². The molecule has 0 fully saturated rings. The van der Waals surface area contributed by atoms with Crippen LogP contribution in [0.3, 0.4) is 0 Å². The number of urea groups is 1. The summed E-state index contributed by atoms with van der Waals surface area (Å²) in [5.74, 6) is 0. The van der Waals surface area contributed by atoms with Crippen LogP contribution in [0.5, 0.6) is 0 Å². The van der Waals surface area contributed by atoms with E-state index in [1.165, 1.54) is 5.56 Å². The number of nitrogens with one attached hydrogen (secondary N) is 1. The first-order valence-electron chi connectivity index (χ1n) is 9.94.